The Kier molecular flexibility index (Phi) is 2.09. The third kappa shape index (κ3) is 1.35. The monoisotopic (exact) mass is 184 g/mol. The molecule has 1 aliphatic heterocycles. The second-order valence-corrected chi connectivity index (χ2v) is 3.79. The molecule has 0 radical (unpaired) electrons. The van der Waals surface area contributed by atoms with Crippen LogP contribution in [0.5, 0.6) is 0 Å². The SMILES string of the molecule is O=C1NC(S)N=C2CCCCC12. The Hall–Kier alpha value is -0.510. The van der Waals surface area contributed by atoms with Crippen LogP contribution in [0.3, 0.4) is 0 Å². The van der Waals surface area contributed by atoms with Gasteiger partial charge in [-0.15, -0.1) is 12.6 Å². The maximum absolute atomic E-state index is 11.4. The van der Waals surface area contributed by atoms with Crippen molar-refractivity contribution in [3.05, 3.63) is 0 Å². The van der Waals surface area contributed by atoms with Gasteiger partial charge < -0.3 is 5.32 Å². The third-order valence-electron chi connectivity index (χ3n) is 2.45. The smallest absolute Gasteiger partial charge is 0.231 e. The largest absolute Gasteiger partial charge is 0.325 e. The molecule has 0 aromatic carbocycles. The minimum atomic E-state index is -0.304. The summed E-state index contributed by atoms with van der Waals surface area (Å²) in [6.45, 7) is 0. The highest BCUT2D eigenvalue weighted by Crippen LogP contribution is 2.25. The van der Waals surface area contributed by atoms with Crippen molar-refractivity contribution in [2.45, 2.75) is 31.2 Å². The van der Waals surface area contributed by atoms with E-state index in [0.717, 1.165) is 25.0 Å². The number of carbonyl (C=O) groups is 1. The molecule has 3 nitrogen and oxygen atoms in total. The van der Waals surface area contributed by atoms with Gasteiger partial charge in [0, 0.05) is 5.71 Å². The number of thiol groups is 1. The molecule has 2 atom stereocenters. The molecule has 1 N–H and O–H groups in total. The molecule has 0 spiro atoms. The summed E-state index contributed by atoms with van der Waals surface area (Å²) in [5.74, 6) is 0.168. The van der Waals surface area contributed by atoms with Crippen molar-refractivity contribution < 1.29 is 4.79 Å². The molecule has 1 amide bonds. The maximum Gasteiger partial charge on any atom is 0.231 e. The van der Waals surface area contributed by atoms with E-state index in [1.54, 1.807) is 0 Å². The number of nitrogens with zero attached hydrogens (tertiary/aromatic N) is 1. The number of aliphatic imine (C=N–C) groups is 1. The van der Waals surface area contributed by atoms with Gasteiger partial charge in [-0.1, -0.05) is 6.42 Å². The lowest BCUT2D eigenvalue weighted by atomic mass is 9.86. The number of hydrogen-bond donors (Lipinski definition) is 2. The van der Waals surface area contributed by atoms with Crippen LogP contribution in [0.1, 0.15) is 25.7 Å². The molecule has 0 saturated heterocycles. The second kappa shape index (κ2) is 3.09. The summed E-state index contributed by atoms with van der Waals surface area (Å²) in [7, 11) is 0. The first-order chi connectivity index (χ1) is 5.77. The predicted molar refractivity (Wildman–Crippen MR) is 50.3 cm³/mol. The first-order valence-electron chi connectivity index (χ1n) is 4.32. The fourth-order valence-electron chi connectivity index (χ4n) is 1.85. The van der Waals surface area contributed by atoms with Gasteiger partial charge in [0.25, 0.3) is 0 Å². The highest BCUT2D eigenvalue weighted by molar-refractivity contribution is 7.80. The first kappa shape index (κ1) is 8.10. The van der Waals surface area contributed by atoms with Gasteiger partial charge in [0.05, 0.1) is 5.92 Å². The molecule has 0 aromatic rings. The van der Waals surface area contributed by atoms with E-state index in [4.69, 9.17) is 0 Å². The van der Waals surface area contributed by atoms with Gasteiger partial charge >= 0.3 is 0 Å². The number of rotatable bonds is 0. The van der Waals surface area contributed by atoms with Crippen molar-refractivity contribution in [3.63, 3.8) is 0 Å². The van der Waals surface area contributed by atoms with Crippen LogP contribution in [0.4, 0.5) is 0 Å². The van der Waals surface area contributed by atoms with Crippen molar-refractivity contribution in [1.82, 2.24) is 5.32 Å². The zero-order valence-corrected chi connectivity index (χ0v) is 7.68. The fourth-order valence-corrected chi connectivity index (χ4v) is 2.13. The van der Waals surface area contributed by atoms with Crippen molar-refractivity contribution in [1.29, 1.82) is 0 Å². The minimum Gasteiger partial charge on any atom is -0.325 e. The Morgan fingerprint density at radius 3 is 3.17 bits per heavy atom. The van der Waals surface area contributed by atoms with Gasteiger partial charge in [-0.3, -0.25) is 9.79 Å². The van der Waals surface area contributed by atoms with Crippen LogP contribution in [0.2, 0.25) is 0 Å². The van der Waals surface area contributed by atoms with E-state index in [9.17, 15) is 4.79 Å². The lowest BCUT2D eigenvalue weighted by Crippen LogP contribution is -2.45. The summed E-state index contributed by atoms with van der Waals surface area (Å²) < 4.78 is 0. The lowest BCUT2D eigenvalue weighted by Gasteiger charge is -2.29. The molecular formula is C8H12N2OS. The highest BCUT2D eigenvalue weighted by Gasteiger charge is 2.31. The Bertz CT molecular complexity index is 239. The number of hydrogen-bond acceptors (Lipinski definition) is 3. The topological polar surface area (TPSA) is 41.5 Å². The van der Waals surface area contributed by atoms with Gasteiger partial charge in [0.15, 0.2) is 5.50 Å². The van der Waals surface area contributed by atoms with Crippen molar-refractivity contribution in [3.8, 4) is 0 Å². The summed E-state index contributed by atoms with van der Waals surface area (Å²) >= 11 is 4.12. The van der Waals surface area contributed by atoms with Gasteiger partial charge in [-0.25, -0.2) is 0 Å². The molecule has 0 bridgehead atoms. The van der Waals surface area contributed by atoms with E-state index in [1.807, 2.05) is 0 Å². The van der Waals surface area contributed by atoms with Gasteiger partial charge in [-0.2, -0.15) is 0 Å². The molecule has 1 aliphatic carbocycles. The van der Waals surface area contributed by atoms with E-state index in [0.29, 0.717) is 0 Å². The standard InChI is InChI=1S/C8H12N2OS/c11-7-5-3-1-2-4-6(5)9-8(12)10-7/h5,8,12H,1-4H2,(H,10,11). The number of fused-ring (bicyclic) bond motifs is 1. The third-order valence-corrected chi connectivity index (χ3v) is 2.70. The number of nitrogens with one attached hydrogen (secondary N) is 1. The van der Waals surface area contributed by atoms with E-state index < -0.39 is 0 Å². The van der Waals surface area contributed by atoms with Crippen molar-refractivity contribution >= 4 is 24.2 Å². The Labute approximate surface area is 77.0 Å². The Morgan fingerprint density at radius 2 is 2.33 bits per heavy atom. The second-order valence-electron chi connectivity index (χ2n) is 3.30. The Morgan fingerprint density at radius 1 is 1.50 bits per heavy atom. The number of carbonyl (C=O) groups excluding carboxylic acids is 1. The normalized spacial score (nSPS) is 35.1. The summed E-state index contributed by atoms with van der Waals surface area (Å²) in [6.07, 6.45) is 4.26. The van der Waals surface area contributed by atoms with Gasteiger partial charge in [0.1, 0.15) is 0 Å². The van der Waals surface area contributed by atoms with E-state index in [1.165, 1.54) is 6.42 Å². The van der Waals surface area contributed by atoms with Gasteiger partial charge in [0.2, 0.25) is 5.91 Å². The van der Waals surface area contributed by atoms with Crippen molar-refractivity contribution in [2.75, 3.05) is 0 Å². The summed E-state index contributed by atoms with van der Waals surface area (Å²) in [5.41, 5.74) is 0.756. The molecule has 1 fully saturated rings. The lowest BCUT2D eigenvalue weighted by molar-refractivity contribution is -0.124. The summed E-state index contributed by atoms with van der Waals surface area (Å²) in [5, 5.41) is 2.72. The van der Waals surface area contributed by atoms with E-state index in [-0.39, 0.29) is 17.3 Å². The zero-order valence-electron chi connectivity index (χ0n) is 6.79. The predicted octanol–water partition coefficient (Wildman–Crippen LogP) is 0.961. The van der Waals surface area contributed by atoms with Crippen LogP contribution in [0.25, 0.3) is 0 Å². The van der Waals surface area contributed by atoms with Crippen LogP contribution < -0.4 is 5.32 Å². The quantitative estimate of drug-likeness (QED) is 0.541. The highest BCUT2D eigenvalue weighted by atomic mass is 32.1. The molecule has 1 saturated carbocycles. The van der Waals surface area contributed by atoms with Crippen LogP contribution in [-0.4, -0.2) is 17.1 Å². The van der Waals surface area contributed by atoms with Crippen LogP contribution in [-0.2, 0) is 4.79 Å². The van der Waals surface area contributed by atoms with Crippen LogP contribution in [0.15, 0.2) is 4.99 Å². The minimum absolute atomic E-state index is 0.0575. The van der Waals surface area contributed by atoms with Crippen LogP contribution in [0, 0.1) is 5.92 Å². The molecule has 1 heterocycles. The molecule has 4 heteroatoms. The van der Waals surface area contributed by atoms with Crippen LogP contribution >= 0.6 is 12.6 Å². The Balaban J connectivity index is 2.22. The molecule has 66 valence electrons. The molecule has 2 unspecified atom stereocenters. The zero-order chi connectivity index (χ0) is 8.55. The molecular weight excluding hydrogens is 172 g/mol. The molecule has 2 rings (SSSR count). The summed E-state index contributed by atoms with van der Waals surface area (Å²) in [6, 6.07) is 0. The first-order valence-corrected chi connectivity index (χ1v) is 4.84. The fraction of sp³-hybridized carbons (Fsp3) is 0.750. The average molecular weight is 184 g/mol. The number of amides is 1. The van der Waals surface area contributed by atoms with Gasteiger partial charge in [-0.05, 0) is 19.3 Å². The van der Waals surface area contributed by atoms with E-state index >= 15 is 0 Å². The molecule has 12 heavy (non-hydrogen) atoms. The summed E-state index contributed by atoms with van der Waals surface area (Å²) in [4.78, 5) is 15.7. The molecule has 2 aliphatic rings. The average Bonchev–Trinajstić information content (AvgIpc) is 2.04. The van der Waals surface area contributed by atoms with E-state index in [2.05, 4.69) is 22.9 Å². The van der Waals surface area contributed by atoms with Crippen molar-refractivity contribution in [2.24, 2.45) is 10.9 Å². The maximum atomic E-state index is 11.4. The molecule has 0 aromatic heterocycles.